The molecule has 0 spiro atoms. The van der Waals surface area contributed by atoms with Crippen LogP contribution in [0.1, 0.15) is 37.3 Å². The van der Waals surface area contributed by atoms with Gasteiger partial charge in [-0.1, -0.05) is 47.7 Å². The van der Waals surface area contributed by atoms with Gasteiger partial charge in [-0.05, 0) is 63.3 Å². The third-order valence-electron chi connectivity index (χ3n) is 5.73. The van der Waals surface area contributed by atoms with E-state index in [1.54, 1.807) is 0 Å². The van der Waals surface area contributed by atoms with Gasteiger partial charge in [0.2, 0.25) is 11.8 Å². The second-order valence-corrected chi connectivity index (χ2v) is 9.36. The summed E-state index contributed by atoms with van der Waals surface area (Å²) in [6.07, 6.45) is 2.43. The summed E-state index contributed by atoms with van der Waals surface area (Å²) in [6.45, 7) is 6.09. The topological polar surface area (TPSA) is 61.8 Å². The predicted molar refractivity (Wildman–Crippen MR) is 123 cm³/mol. The van der Waals surface area contributed by atoms with Crippen LogP contribution in [0.15, 0.2) is 53.5 Å². The first kappa shape index (κ1) is 20.7. The summed E-state index contributed by atoms with van der Waals surface area (Å²) in [7, 11) is 0. The molecule has 6 heteroatoms. The Bertz CT molecular complexity index is 982. The van der Waals surface area contributed by atoms with Crippen LogP contribution in [0, 0.1) is 19.8 Å². The van der Waals surface area contributed by atoms with Gasteiger partial charge in [0.1, 0.15) is 5.25 Å². The highest BCUT2D eigenvalue weighted by molar-refractivity contribution is 8.15. The average molecular weight is 422 g/mol. The van der Waals surface area contributed by atoms with Crippen LogP contribution < -0.4 is 5.32 Å². The number of benzene rings is 2. The van der Waals surface area contributed by atoms with Gasteiger partial charge in [0, 0.05) is 18.2 Å². The van der Waals surface area contributed by atoms with Gasteiger partial charge in [0.25, 0.3) is 0 Å². The molecule has 2 fully saturated rings. The van der Waals surface area contributed by atoms with Crippen molar-refractivity contribution in [2.45, 2.75) is 51.3 Å². The van der Waals surface area contributed by atoms with Crippen LogP contribution in [0.25, 0.3) is 0 Å². The number of aryl methyl sites for hydroxylation is 2. The summed E-state index contributed by atoms with van der Waals surface area (Å²) in [4.78, 5) is 32.5. The third kappa shape index (κ3) is 4.59. The Hall–Kier alpha value is -2.60. The van der Waals surface area contributed by atoms with E-state index in [4.69, 9.17) is 4.99 Å². The number of hydrogen-bond donors (Lipinski definition) is 1. The number of thioether (sulfide) groups is 1. The molecule has 2 atom stereocenters. The Balaban J connectivity index is 1.52. The fraction of sp³-hybridized carbons (Fsp3) is 0.375. The molecule has 4 rings (SSSR count). The number of amidine groups is 1. The zero-order chi connectivity index (χ0) is 21.3. The first-order valence-corrected chi connectivity index (χ1v) is 11.3. The molecule has 1 N–H and O–H groups in total. The van der Waals surface area contributed by atoms with Crippen LogP contribution in [0.3, 0.4) is 0 Å². The number of hydrogen-bond acceptors (Lipinski definition) is 4. The fourth-order valence-corrected chi connectivity index (χ4v) is 4.90. The van der Waals surface area contributed by atoms with E-state index in [9.17, 15) is 9.59 Å². The minimum Gasteiger partial charge on any atom is -0.326 e. The quantitative estimate of drug-likeness (QED) is 0.709. The highest BCUT2D eigenvalue weighted by Crippen LogP contribution is 2.41. The maximum Gasteiger partial charge on any atom is 0.242 e. The highest BCUT2D eigenvalue weighted by Gasteiger charge is 2.45. The summed E-state index contributed by atoms with van der Waals surface area (Å²) in [6, 6.07) is 15.7. The SMILES string of the molecule is Cc1ccc(N=C2S[C@H](CC(=O)Nc3ccccc3C)C(=O)N2[C@@H](C)C2CC2)cc1. The van der Waals surface area contributed by atoms with E-state index in [-0.39, 0.29) is 24.3 Å². The monoisotopic (exact) mass is 421 g/mol. The smallest absolute Gasteiger partial charge is 0.242 e. The van der Waals surface area contributed by atoms with Gasteiger partial charge in [0.05, 0.1) is 5.69 Å². The van der Waals surface area contributed by atoms with Crippen molar-refractivity contribution in [2.24, 2.45) is 10.9 Å². The van der Waals surface area contributed by atoms with E-state index in [1.807, 2.05) is 67.3 Å². The lowest BCUT2D eigenvalue weighted by molar-refractivity contribution is -0.129. The van der Waals surface area contributed by atoms with Gasteiger partial charge in [0.15, 0.2) is 5.17 Å². The second-order valence-electron chi connectivity index (χ2n) is 8.19. The Morgan fingerprint density at radius 1 is 1.17 bits per heavy atom. The number of anilines is 1. The summed E-state index contributed by atoms with van der Waals surface area (Å²) < 4.78 is 0. The van der Waals surface area contributed by atoms with Crippen molar-refractivity contribution >= 4 is 40.1 Å². The van der Waals surface area contributed by atoms with Crippen LogP contribution in [0.5, 0.6) is 0 Å². The zero-order valence-electron chi connectivity index (χ0n) is 17.6. The predicted octanol–water partition coefficient (Wildman–Crippen LogP) is 5.06. The minimum absolute atomic E-state index is 0.00908. The number of amides is 2. The molecule has 2 aromatic carbocycles. The number of carbonyl (C=O) groups excluding carboxylic acids is 2. The normalized spacial score (nSPS) is 21.2. The molecule has 1 aliphatic carbocycles. The lowest BCUT2D eigenvalue weighted by Gasteiger charge is -2.24. The molecule has 156 valence electrons. The van der Waals surface area contributed by atoms with Crippen molar-refractivity contribution in [1.82, 2.24) is 4.90 Å². The van der Waals surface area contributed by atoms with Gasteiger partial charge in [-0.15, -0.1) is 0 Å². The molecule has 0 unspecified atom stereocenters. The van der Waals surface area contributed by atoms with E-state index >= 15 is 0 Å². The van der Waals surface area contributed by atoms with Gasteiger partial charge < -0.3 is 5.32 Å². The van der Waals surface area contributed by atoms with Crippen molar-refractivity contribution < 1.29 is 9.59 Å². The summed E-state index contributed by atoms with van der Waals surface area (Å²) in [5.41, 5.74) is 3.79. The first-order valence-electron chi connectivity index (χ1n) is 10.4. The van der Waals surface area contributed by atoms with Crippen LogP contribution in [0.4, 0.5) is 11.4 Å². The van der Waals surface area contributed by atoms with Crippen molar-refractivity contribution in [2.75, 3.05) is 5.32 Å². The highest BCUT2D eigenvalue weighted by atomic mass is 32.2. The van der Waals surface area contributed by atoms with E-state index in [0.29, 0.717) is 11.1 Å². The summed E-state index contributed by atoms with van der Waals surface area (Å²) in [5.74, 6) is 0.369. The van der Waals surface area contributed by atoms with Gasteiger partial charge >= 0.3 is 0 Å². The minimum atomic E-state index is -0.445. The molecule has 2 amide bonds. The largest absolute Gasteiger partial charge is 0.326 e. The molecule has 1 heterocycles. The van der Waals surface area contributed by atoms with Gasteiger partial charge in [-0.2, -0.15) is 0 Å². The van der Waals surface area contributed by atoms with Crippen molar-refractivity contribution in [3.8, 4) is 0 Å². The first-order chi connectivity index (χ1) is 14.4. The maximum atomic E-state index is 13.2. The van der Waals surface area contributed by atoms with E-state index in [1.165, 1.54) is 17.3 Å². The average Bonchev–Trinajstić information content (AvgIpc) is 3.52. The molecule has 2 aromatic rings. The number of nitrogens with one attached hydrogen (secondary N) is 1. The summed E-state index contributed by atoms with van der Waals surface area (Å²) >= 11 is 1.41. The van der Waals surface area contributed by atoms with Crippen LogP contribution >= 0.6 is 11.8 Å². The number of rotatable bonds is 6. The summed E-state index contributed by atoms with van der Waals surface area (Å²) in [5, 5.41) is 3.21. The zero-order valence-corrected chi connectivity index (χ0v) is 18.4. The molecule has 1 saturated carbocycles. The molecule has 2 aliphatic rings. The Morgan fingerprint density at radius 3 is 2.53 bits per heavy atom. The molecular formula is C24H27N3O2S. The fourth-order valence-electron chi connectivity index (χ4n) is 3.67. The second kappa shape index (κ2) is 8.64. The van der Waals surface area contributed by atoms with E-state index < -0.39 is 5.25 Å². The van der Waals surface area contributed by atoms with E-state index in [0.717, 1.165) is 29.8 Å². The van der Waals surface area contributed by atoms with Crippen LogP contribution in [-0.4, -0.2) is 33.2 Å². The molecule has 5 nitrogen and oxygen atoms in total. The Kier molecular flexibility index (Phi) is 5.95. The number of nitrogens with zero attached hydrogens (tertiary/aromatic N) is 2. The van der Waals surface area contributed by atoms with Crippen molar-refractivity contribution in [3.63, 3.8) is 0 Å². The molecule has 30 heavy (non-hydrogen) atoms. The standard InChI is InChI=1S/C24H27N3O2S/c1-15-8-12-19(13-9-15)25-24-27(17(3)18-10-11-18)23(29)21(30-24)14-22(28)26-20-7-5-4-6-16(20)2/h4-9,12-13,17-18,21H,10-11,14H2,1-3H3,(H,26,28)/t17-,21+/m0/s1. The molecule has 1 aliphatic heterocycles. The maximum absolute atomic E-state index is 13.2. The Labute approximate surface area is 182 Å². The molecule has 0 bridgehead atoms. The lowest BCUT2D eigenvalue weighted by atomic mass is 10.1. The lowest BCUT2D eigenvalue weighted by Crippen LogP contribution is -2.41. The van der Waals surface area contributed by atoms with Crippen molar-refractivity contribution in [1.29, 1.82) is 0 Å². The van der Waals surface area contributed by atoms with Crippen LogP contribution in [0.2, 0.25) is 0 Å². The molecule has 0 radical (unpaired) electrons. The Morgan fingerprint density at radius 2 is 1.87 bits per heavy atom. The molecular weight excluding hydrogens is 394 g/mol. The number of para-hydroxylation sites is 1. The van der Waals surface area contributed by atoms with Gasteiger partial charge in [-0.25, -0.2) is 4.99 Å². The molecule has 0 aromatic heterocycles. The van der Waals surface area contributed by atoms with Crippen LogP contribution in [-0.2, 0) is 9.59 Å². The van der Waals surface area contributed by atoms with Gasteiger partial charge in [-0.3, -0.25) is 14.5 Å². The molecule has 1 saturated heterocycles. The van der Waals surface area contributed by atoms with Crippen molar-refractivity contribution in [3.05, 3.63) is 59.7 Å². The number of aliphatic imine (C=N–C) groups is 1. The third-order valence-corrected chi connectivity index (χ3v) is 6.88. The van der Waals surface area contributed by atoms with E-state index in [2.05, 4.69) is 12.2 Å². The number of carbonyl (C=O) groups is 2.